The number of nitrogens with zero attached hydrogens (tertiary/aromatic N) is 4. The molecule has 0 aliphatic carbocycles. The third-order valence-electron chi connectivity index (χ3n) is 4.50. The van der Waals surface area contributed by atoms with Gasteiger partial charge in [0.15, 0.2) is 16.8 Å². The molecule has 1 amide bonds. The fourth-order valence-corrected chi connectivity index (χ4v) is 3.83. The molecule has 0 fully saturated rings. The number of rotatable bonds is 7. The third kappa shape index (κ3) is 4.70. The number of para-hydroxylation sites is 2. The monoisotopic (exact) mass is 429 g/mol. The predicted molar refractivity (Wildman–Crippen MR) is 120 cm³/mol. The van der Waals surface area contributed by atoms with E-state index in [0.717, 1.165) is 11.3 Å². The molecular formula is C23H19N5O2S. The maximum absolute atomic E-state index is 12.6. The Hall–Kier alpha value is -3.78. The van der Waals surface area contributed by atoms with Gasteiger partial charge in [-0.2, -0.15) is 0 Å². The van der Waals surface area contributed by atoms with Crippen molar-refractivity contribution < 1.29 is 9.59 Å². The molecule has 2 aromatic carbocycles. The molecule has 0 aliphatic rings. The van der Waals surface area contributed by atoms with Gasteiger partial charge in [0.2, 0.25) is 5.91 Å². The first-order valence-corrected chi connectivity index (χ1v) is 10.6. The number of benzene rings is 2. The quantitative estimate of drug-likeness (QED) is 0.349. The molecule has 2 heterocycles. The molecule has 0 unspecified atom stereocenters. The summed E-state index contributed by atoms with van der Waals surface area (Å²) in [5.41, 5.74) is 2.75. The van der Waals surface area contributed by atoms with Crippen molar-refractivity contribution in [3.05, 3.63) is 84.7 Å². The fourth-order valence-electron chi connectivity index (χ4n) is 3.08. The van der Waals surface area contributed by atoms with Crippen molar-refractivity contribution >= 4 is 29.1 Å². The van der Waals surface area contributed by atoms with E-state index in [4.69, 9.17) is 0 Å². The van der Waals surface area contributed by atoms with Crippen molar-refractivity contribution in [2.24, 2.45) is 0 Å². The second kappa shape index (κ2) is 9.36. The molecule has 154 valence electrons. The van der Waals surface area contributed by atoms with E-state index in [9.17, 15) is 9.59 Å². The Bertz CT molecular complexity index is 1210. The zero-order valence-corrected chi connectivity index (χ0v) is 17.5. The first-order valence-electron chi connectivity index (χ1n) is 9.57. The molecule has 0 aliphatic heterocycles. The first-order chi connectivity index (χ1) is 15.1. The molecule has 0 atom stereocenters. The lowest BCUT2D eigenvalue weighted by Crippen LogP contribution is -2.16. The van der Waals surface area contributed by atoms with Gasteiger partial charge in [-0.05, 0) is 43.3 Å². The molecular weight excluding hydrogens is 410 g/mol. The number of hydrogen-bond donors (Lipinski definition) is 1. The van der Waals surface area contributed by atoms with Gasteiger partial charge in [-0.15, -0.1) is 10.2 Å². The van der Waals surface area contributed by atoms with Crippen LogP contribution in [0.25, 0.3) is 17.1 Å². The van der Waals surface area contributed by atoms with E-state index in [1.807, 2.05) is 47.0 Å². The van der Waals surface area contributed by atoms with Crippen molar-refractivity contribution in [1.82, 2.24) is 19.7 Å². The van der Waals surface area contributed by atoms with Crippen molar-refractivity contribution in [1.29, 1.82) is 0 Å². The van der Waals surface area contributed by atoms with Crippen molar-refractivity contribution in [2.75, 3.05) is 11.1 Å². The molecule has 0 saturated carbocycles. The van der Waals surface area contributed by atoms with Gasteiger partial charge in [0, 0.05) is 29.2 Å². The van der Waals surface area contributed by atoms with Crippen LogP contribution in [0.5, 0.6) is 0 Å². The van der Waals surface area contributed by atoms with Crippen LogP contribution in [0.15, 0.2) is 84.3 Å². The van der Waals surface area contributed by atoms with E-state index < -0.39 is 0 Å². The van der Waals surface area contributed by atoms with Gasteiger partial charge in [-0.3, -0.25) is 19.1 Å². The number of nitrogens with one attached hydrogen (secondary N) is 1. The van der Waals surface area contributed by atoms with Gasteiger partial charge in [0.1, 0.15) is 0 Å². The summed E-state index contributed by atoms with van der Waals surface area (Å²) in [6.07, 6.45) is 3.40. The maximum Gasteiger partial charge on any atom is 0.234 e. The minimum absolute atomic E-state index is 0.102. The maximum atomic E-state index is 12.6. The molecule has 0 bridgehead atoms. The highest BCUT2D eigenvalue weighted by Gasteiger charge is 2.18. The van der Waals surface area contributed by atoms with E-state index >= 15 is 0 Å². The molecule has 2 aromatic heterocycles. The number of Topliss-reactive ketones (excluding diaryl/α,β-unsaturated/α-hetero) is 1. The Morgan fingerprint density at radius 3 is 2.39 bits per heavy atom. The van der Waals surface area contributed by atoms with Gasteiger partial charge in [0.05, 0.1) is 11.4 Å². The average molecular weight is 430 g/mol. The summed E-state index contributed by atoms with van der Waals surface area (Å²) in [5.74, 6) is 0.452. The van der Waals surface area contributed by atoms with Crippen LogP contribution in [0.1, 0.15) is 17.3 Å². The number of pyridine rings is 1. The zero-order valence-electron chi connectivity index (χ0n) is 16.7. The standard InChI is InChI=1S/C23H19N5O2S/c1-16(29)19-9-5-6-10-20(19)25-21(30)15-31-23-27-26-22(17-11-13-24-14-12-17)28(23)18-7-3-2-4-8-18/h2-14H,15H2,1H3,(H,25,30). The summed E-state index contributed by atoms with van der Waals surface area (Å²) in [7, 11) is 0. The van der Waals surface area contributed by atoms with E-state index in [1.54, 1.807) is 36.7 Å². The smallest absolute Gasteiger partial charge is 0.234 e. The molecule has 8 heteroatoms. The van der Waals surface area contributed by atoms with Crippen LogP contribution in [-0.2, 0) is 4.79 Å². The Labute approximate surface area is 183 Å². The van der Waals surface area contributed by atoms with Crippen LogP contribution >= 0.6 is 11.8 Å². The highest BCUT2D eigenvalue weighted by Crippen LogP contribution is 2.28. The first kappa shape index (κ1) is 20.5. The number of aromatic nitrogens is 4. The van der Waals surface area contributed by atoms with E-state index in [-0.39, 0.29) is 17.4 Å². The second-order valence-electron chi connectivity index (χ2n) is 6.65. The fraction of sp³-hybridized carbons (Fsp3) is 0.0870. The summed E-state index contributed by atoms with van der Waals surface area (Å²) in [6.45, 7) is 1.47. The Morgan fingerprint density at radius 2 is 1.65 bits per heavy atom. The van der Waals surface area contributed by atoms with Crippen LogP contribution in [0.2, 0.25) is 0 Å². The Balaban J connectivity index is 1.57. The summed E-state index contributed by atoms with van der Waals surface area (Å²) in [6, 6.07) is 20.4. The highest BCUT2D eigenvalue weighted by atomic mass is 32.2. The van der Waals surface area contributed by atoms with Gasteiger partial charge < -0.3 is 5.32 Å². The summed E-state index contributed by atoms with van der Waals surface area (Å²) in [4.78, 5) is 28.4. The number of anilines is 1. The SMILES string of the molecule is CC(=O)c1ccccc1NC(=O)CSc1nnc(-c2ccncc2)n1-c1ccccc1. The highest BCUT2D eigenvalue weighted by molar-refractivity contribution is 7.99. The summed E-state index contributed by atoms with van der Waals surface area (Å²) >= 11 is 1.28. The molecule has 1 N–H and O–H groups in total. The van der Waals surface area contributed by atoms with Crippen molar-refractivity contribution in [2.45, 2.75) is 12.1 Å². The number of carbonyl (C=O) groups excluding carboxylic acids is 2. The van der Waals surface area contributed by atoms with Gasteiger partial charge in [-0.1, -0.05) is 42.1 Å². The van der Waals surface area contributed by atoms with Gasteiger partial charge in [-0.25, -0.2) is 0 Å². The van der Waals surface area contributed by atoms with Gasteiger partial charge >= 0.3 is 0 Å². The van der Waals surface area contributed by atoms with Crippen LogP contribution in [-0.4, -0.2) is 37.2 Å². The largest absolute Gasteiger partial charge is 0.325 e. The molecule has 0 spiro atoms. The van der Waals surface area contributed by atoms with E-state index in [2.05, 4.69) is 20.5 Å². The van der Waals surface area contributed by atoms with Crippen molar-refractivity contribution in [3.63, 3.8) is 0 Å². The second-order valence-corrected chi connectivity index (χ2v) is 7.59. The molecule has 31 heavy (non-hydrogen) atoms. The molecule has 0 radical (unpaired) electrons. The lowest BCUT2D eigenvalue weighted by atomic mass is 10.1. The van der Waals surface area contributed by atoms with Crippen LogP contribution in [0.4, 0.5) is 5.69 Å². The normalized spacial score (nSPS) is 10.6. The molecule has 0 saturated heterocycles. The Morgan fingerprint density at radius 1 is 0.935 bits per heavy atom. The number of amides is 1. The topological polar surface area (TPSA) is 89.8 Å². The minimum atomic E-state index is -0.230. The Kier molecular flexibility index (Phi) is 6.18. The summed E-state index contributed by atoms with van der Waals surface area (Å²) < 4.78 is 1.91. The lowest BCUT2D eigenvalue weighted by Gasteiger charge is -2.11. The van der Waals surface area contributed by atoms with E-state index in [0.29, 0.717) is 22.2 Å². The minimum Gasteiger partial charge on any atom is -0.325 e. The number of thioether (sulfide) groups is 1. The number of carbonyl (C=O) groups is 2. The third-order valence-corrected chi connectivity index (χ3v) is 5.43. The predicted octanol–water partition coefficient (Wildman–Crippen LogP) is 4.26. The molecule has 4 aromatic rings. The van der Waals surface area contributed by atoms with Crippen LogP contribution < -0.4 is 5.32 Å². The van der Waals surface area contributed by atoms with Crippen LogP contribution in [0.3, 0.4) is 0 Å². The number of ketones is 1. The average Bonchev–Trinajstić information content (AvgIpc) is 3.23. The summed E-state index contributed by atoms with van der Waals surface area (Å²) in [5, 5.41) is 12.1. The zero-order chi connectivity index (χ0) is 21.6. The lowest BCUT2D eigenvalue weighted by molar-refractivity contribution is -0.113. The molecule has 4 rings (SSSR count). The van der Waals surface area contributed by atoms with Gasteiger partial charge in [0.25, 0.3) is 0 Å². The number of hydrogen-bond acceptors (Lipinski definition) is 6. The molecule has 7 nitrogen and oxygen atoms in total. The van der Waals surface area contributed by atoms with E-state index in [1.165, 1.54) is 18.7 Å². The van der Waals surface area contributed by atoms with Crippen molar-refractivity contribution in [3.8, 4) is 17.1 Å². The van der Waals surface area contributed by atoms with Crippen LogP contribution in [0, 0.1) is 0 Å².